The first kappa shape index (κ1) is 20.0. The fourth-order valence-corrected chi connectivity index (χ4v) is 3.03. The van der Waals surface area contributed by atoms with E-state index in [1.54, 1.807) is 0 Å². The summed E-state index contributed by atoms with van der Waals surface area (Å²) in [6, 6.07) is 2.48. The molecule has 23 heavy (non-hydrogen) atoms. The second-order valence-electron chi connectivity index (χ2n) is 7.24. The van der Waals surface area contributed by atoms with Crippen molar-refractivity contribution in [2.45, 2.75) is 96.5 Å². The molecule has 1 N–H and O–H groups in total. The Labute approximate surface area is 141 Å². The summed E-state index contributed by atoms with van der Waals surface area (Å²) >= 11 is 0. The van der Waals surface area contributed by atoms with Crippen molar-refractivity contribution in [1.29, 1.82) is 5.26 Å². The molecule has 1 saturated heterocycles. The van der Waals surface area contributed by atoms with Crippen LogP contribution in [0.1, 0.15) is 90.4 Å². The van der Waals surface area contributed by atoms with Gasteiger partial charge in [-0.1, -0.05) is 51.4 Å². The molecule has 1 rings (SSSR count). The lowest BCUT2D eigenvalue weighted by atomic mass is 9.81. The summed E-state index contributed by atoms with van der Waals surface area (Å²) in [6.45, 7) is 3.03. The number of aliphatic carboxylic acids is 1. The third-order valence-electron chi connectivity index (χ3n) is 4.80. The van der Waals surface area contributed by atoms with Gasteiger partial charge in [0.2, 0.25) is 0 Å². The van der Waals surface area contributed by atoms with Gasteiger partial charge in [0.25, 0.3) is 0 Å². The highest BCUT2D eigenvalue weighted by Crippen LogP contribution is 2.30. The van der Waals surface area contributed by atoms with Gasteiger partial charge in [-0.3, -0.25) is 4.79 Å². The second-order valence-corrected chi connectivity index (χ2v) is 7.24. The number of hydrogen-bond donors (Lipinski definition) is 1. The summed E-state index contributed by atoms with van der Waals surface area (Å²) in [5, 5.41) is 18.0. The van der Waals surface area contributed by atoms with Gasteiger partial charge in [-0.25, -0.2) is 0 Å². The lowest BCUT2D eigenvalue weighted by Gasteiger charge is -2.21. The van der Waals surface area contributed by atoms with Crippen molar-refractivity contribution >= 4 is 5.97 Å². The predicted molar refractivity (Wildman–Crippen MR) is 91.1 cm³/mol. The number of nitrogens with zero attached hydrogens (tertiary/aromatic N) is 1. The zero-order valence-electron chi connectivity index (χ0n) is 14.7. The number of carbonyl (C=O) groups is 1. The van der Waals surface area contributed by atoms with Crippen LogP contribution in [-0.2, 0) is 9.53 Å². The molecular formula is C19H33NO3. The fraction of sp³-hybridized carbons (Fsp3) is 0.895. The van der Waals surface area contributed by atoms with Crippen LogP contribution < -0.4 is 0 Å². The van der Waals surface area contributed by atoms with Crippen molar-refractivity contribution in [3.8, 4) is 6.07 Å². The number of epoxide rings is 1. The van der Waals surface area contributed by atoms with Gasteiger partial charge < -0.3 is 9.84 Å². The molecule has 0 aliphatic carbocycles. The molecule has 0 saturated carbocycles. The molecule has 0 aromatic carbocycles. The first-order chi connectivity index (χ1) is 11.1. The normalized spacial score (nSPS) is 19.0. The van der Waals surface area contributed by atoms with E-state index >= 15 is 0 Å². The molecule has 0 radical (unpaired) electrons. The monoisotopic (exact) mass is 323 g/mol. The Kier molecular flexibility index (Phi) is 9.94. The van der Waals surface area contributed by atoms with Crippen molar-refractivity contribution in [2.75, 3.05) is 6.61 Å². The van der Waals surface area contributed by atoms with Crippen molar-refractivity contribution in [3.63, 3.8) is 0 Å². The Morgan fingerprint density at radius 2 is 1.61 bits per heavy atom. The van der Waals surface area contributed by atoms with Crippen LogP contribution in [0.15, 0.2) is 0 Å². The number of unbranched alkanes of at least 4 members (excludes halogenated alkanes) is 7. The smallest absolute Gasteiger partial charge is 0.303 e. The van der Waals surface area contributed by atoms with Crippen LogP contribution in [0.3, 0.4) is 0 Å². The van der Waals surface area contributed by atoms with E-state index in [1.165, 1.54) is 38.5 Å². The highest BCUT2D eigenvalue weighted by molar-refractivity contribution is 5.66. The molecule has 4 nitrogen and oxygen atoms in total. The maximum Gasteiger partial charge on any atom is 0.303 e. The number of rotatable bonds is 15. The molecule has 2 unspecified atom stereocenters. The first-order valence-corrected chi connectivity index (χ1v) is 9.30. The minimum absolute atomic E-state index is 0.230. The maximum absolute atomic E-state index is 10.5. The molecule has 0 aromatic heterocycles. The summed E-state index contributed by atoms with van der Waals surface area (Å²) < 4.78 is 5.20. The van der Waals surface area contributed by atoms with E-state index in [0.29, 0.717) is 6.10 Å². The topological polar surface area (TPSA) is 73.6 Å². The number of carboxylic acid groups (broad SMARTS) is 1. The van der Waals surface area contributed by atoms with E-state index in [-0.39, 0.29) is 11.8 Å². The van der Waals surface area contributed by atoms with E-state index in [2.05, 4.69) is 13.0 Å². The van der Waals surface area contributed by atoms with E-state index in [1.807, 2.05) is 0 Å². The highest BCUT2D eigenvalue weighted by Gasteiger charge is 2.23. The lowest BCUT2D eigenvalue weighted by molar-refractivity contribution is -0.137. The third kappa shape index (κ3) is 11.1. The molecule has 2 atom stereocenters. The van der Waals surface area contributed by atoms with Crippen LogP contribution in [-0.4, -0.2) is 23.8 Å². The molecule has 1 aliphatic heterocycles. The molecular weight excluding hydrogens is 290 g/mol. The Hall–Kier alpha value is -1.08. The number of ether oxygens (including phenoxy) is 1. The molecule has 1 heterocycles. The maximum atomic E-state index is 10.5. The quantitative estimate of drug-likeness (QED) is 0.337. The van der Waals surface area contributed by atoms with Crippen LogP contribution in [0.25, 0.3) is 0 Å². The van der Waals surface area contributed by atoms with Gasteiger partial charge in [0, 0.05) is 6.42 Å². The average molecular weight is 323 g/mol. The Balaban J connectivity index is 1.95. The van der Waals surface area contributed by atoms with Gasteiger partial charge in [0.05, 0.1) is 24.2 Å². The first-order valence-electron chi connectivity index (χ1n) is 9.30. The number of carboxylic acids is 1. The SMILES string of the molecule is CC(C#N)(CCCCCCCCC1CO1)CCCCCC(=O)O. The van der Waals surface area contributed by atoms with Gasteiger partial charge in [-0.2, -0.15) is 5.26 Å². The van der Waals surface area contributed by atoms with E-state index in [0.717, 1.165) is 45.1 Å². The molecule has 0 spiro atoms. The molecule has 0 amide bonds. The van der Waals surface area contributed by atoms with Crippen LogP contribution in [0.4, 0.5) is 0 Å². The van der Waals surface area contributed by atoms with Crippen molar-refractivity contribution < 1.29 is 14.6 Å². The van der Waals surface area contributed by atoms with E-state index < -0.39 is 5.97 Å². The van der Waals surface area contributed by atoms with Crippen LogP contribution >= 0.6 is 0 Å². The Morgan fingerprint density at radius 3 is 2.13 bits per heavy atom. The minimum Gasteiger partial charge on any atom is -0.481 e. The van der Waals surface area contributed by atoms with Gasteiger partial charge in [0.1, 0.15) is 0 Å². The zero-order valence-corrected chi connectivity index (χ0v) is 14.7. The Morgan fingerprint density at radius 1 is 1.09 bits per heavy atom. The summed E-state index contributed by atoms with van der Waals surface area (Å²) in [5.74, 6) is -0.724. The van der Waals surface area contributed by atoms with Crippen LogP contribution in [0.2, 0.25) is 0 Å². The van der Waals surface area contributed by atoms with Crippen molar-refractivity contribution in [3.05, 3.63) is 0 Å². The summed E-state index contributed by atoms with van der Waals surface area (Å²) in [6.07, 6.45) is 14.0. The van der Waals surface area contributed by atoms with Gasteiger partial charge in [-0.05, 0) is 32.6 Å². The van der Waals surface area contributed by atoms with Crippen LogP contribution in [0.5, 0.6) is 0 Å². The molecule has 132 valence electrons. The molecule has 4 heteroatoms. The largest absolute Gasteiger partial charge is 0.481 e. The highest BCUT2D eigenvalue weighted by atomic mass is 16.6. The standard InChI is InChI=1S/C19H33NO3/c1-19(16-20,14-10-6-8-12-18(21)22)13-9-5-3-2-4-7-11-17-15-23-17/h17H,2-15H2,1H3,(H,21,22). The summed E-state index contributed by atoms with van der Waals surface area (Å²) in [7, 11) is 0. The number of nitriles is 1. The van der Waals surface area contributed by atoms with Crippen molar-refractivity contribution in [1.82, 2.24) is 0 Å². The zero-order chi connectivity index (χ0) is 17.0. The fourth-order valence-electron chi connectivity index (χ4n) is 3.03. The predicted octanol–water partition coefficient (Wildman–Crippen LogP) is 5.07. The second kappa shape index (κ2) is 11.5. The summed E-state index contributed by atoms with van der Waals surface area (Å²) in [5.41, 5.74) is -0.230. The number of hydrogen-bond acceptors (Lipinski definition) is 3. The third-order valence-corrected chi connectivity index (χ3v) is 4.80. The molecule has 0 aromatic rings. The molecule has 0 bridgehead atoms. The van der Waals surface area contributed by atoms with Gasteiger partial charge in [-0.15, -0.1) is 0 Å². The summed E-state index contributed by atoms with van der Waals surface area (Å²) in [4.78, 5) is 10.5. The lowest BCUT2D eigenvalue weighted by Crippen LogP contribution is -2.13. The molecule has 1 aliphatic rings. The van der Waals surface area contributed by atoms with Crippen LogP contribution in [0, 0.1) is 16.7 Å². The van der Waals surface area contributed by atoms with E-state index in [4.69, 9.17) is 9.84 Å². The van der Waals surface area contributed by atoms with Crippen molar-refractivity contribution in [2.24, 2.45) is 5.41 Å². The van der Waals surface area contributed by atoms with E-state index in [9.17, 15) is 10.1 Å². The van der Waals surface area contributed by atoms with Gasteiger partial charge in [0.15, 0.2) is 0 Å². The minimum atomic E-state index is -0.724. The molecule has 1 fully saturated rings. The Bertz CT molecular complexity index is 373. The van der Waals surface area contributed by atoms with Gasteiger partial charge >= 0.3 is 5.97 Å². The average Bonchev–Trinajstić information content (AvgIpc) is 3.33.